The van der Waals surface area contributed by atoms with Gasteiger partial charge in [-0.15, -0.1) is 0 Å². The molecule has 2 unspecified atom stereocenters. The molecule has 0 amide bonds. The summed E-state index contributed by atoms with van der Waals surface area (Å²) in [6.45, 7) is -1.07. The van der Waals surface area contributed by atoms with Gasteiger partial charge in [0.25, 0.3) is 5.56 Å². The maximum Gasteiger partial charge on any atom is 0.490 e. The molecule has 1 aliphatic heterocycles. The van der Waals surface area contributed by atoms with Gasteiger partial charge < -0.3 is 40.3 Å². The molecule has 9 N–H and O–H groups in total. The number of nitrogens with one attached hydrogen (secondary N) is 1. The lowest BCUT2D eigenvalue weighted by atomic mass is 10.1. The van der Waals surface area contributed by atoms with Crippen LogP contribution in [-0.4, -0.2) is 74.2 Å². The Morgan fingerprint density at radius 1 is 1.19 bits per heavy atom. The fourth-order valence-corrected chi connectivity index (χ4v) is 5.65. The van der Waals surface area contributed by atoms with Crippen molar-refractivity contribution in [3.05, 3.63) is 16.7 Å². The summed E-state index contributed by atoms with van der Waals surface area (Å²) >= 11 is 0. The second-order valence-electron chi connectivity index (χ2n) is 6.14. The van der Waals surface area contributed by atoms with Crippen LogP contribution in [0.1, 0.15) is 7.60 Å². The molecule has 0 spiro atoms. The zero-order valence-electron chi connectivity index (χ0n) is 16.2. The topological polar surface area (TPSA) is 299 Å². The van der Waals surface area contributed by atoms with Crippen molar-refractivity contribution in [2.75, 3.05) is 12.3 Å². The molecular weight excluding hydrogens is 507 g/mol. The summed E-state index contributed by atoms with van der Waals surface area (Å²) in [6.07, 6.45) is -7.51. The van der Waals surface area contributed by atoms with Crippen LogP contribution in [0.4, 0.5) is 5.95 Å². The van der Waals surface area contributed by atoms with E-state index in [0.29, 0.717) is 0 Å². The van der Waals surface area contributed by atoms with Gasteiger partial charge in [0, 0.05) is 0 Å². The van der Waals surface area contributed by atoms with Crippen LogP contribution in [0.25, 0.3) is 11.2 Å². The van der Waals surface area contributed by atoms with Crippen LogP contribution in [0.2, 0.25) is 0 Å². The number of hydrogen-bond acceptors (Lipinski definition) is 13. The lowest BCUT2D eigenvalue weighted by molar-refractivity contribution is -0.0503. The molecule has 19 nitrogen and oxygen atoms in total. The van der Waals surface area contributed by atoms with E-state index < -0.39 is 66.5 Å². The first-order valence-corrected chi connectivity index (χ1v) is 12.6. The predicted octanol–water partition coefficient (Wildman–Crippen LogP) is -2.34. The van der Waals surface area contributed by atoms with E-state index in [4.69, 9.17) is 26.5 Å². The highest BCUT2D eigenvalue weighted by atomic mass is 31.3. The SMILES string of the molecule is [3H]c1nc2c(=O)[nH]c(N)nc2n1[C@@H]1O[C@H](COP(=O)(O)OP(=O)(O)OP(=O)(O)O)[C@@H](O)[C@H]1O. The normalized spacial score (nSPS) is 28.4. The molecule has 3 rings (SSSR count). The smallest absolute Gasteiger partial charge is 0.387 e. The number of aliphatic hydroxyl groups is 2. The summed E-state index contributed by atoms with van der Waals surface area (Å²) in [6, 6.07) is 0. The first kappa shape index (κ1) is 23.6. The van der Waals surface area contributed by atoms with Gasteiger partial charge in [-0.1, -0.05) is 0 Å². The number of nitrogens with zero attached hydrogens (tertiary/aromatic N) is 3. The molecule has 0 aromatic carbocycles. The number of aromatic nitrogens is 4. The van der Waals surface area contributed by atoms with Crippen molar-refractivity contribution in [2.45, 2.75) is 24.5 Å². The standard InChI is InChI=1S/C10H16N5O14P3/c11-10-13-7-4(8(18)14-10)12-2-15(7)9-6(17)5(16)3(27-9)1-26-31(22,23)29-32(24,25)28-30(19,20)21/h2-3,5-6,9,16-17H,1H2,(H,22,23)(H,24,25)(H2,19,20,21)(H3,11,13,14,18)/t3-,5-,6-,9-/m1/s1/i2T. The van der Waals surface area contributed by atoms with Crippen LogP contribution in [0.3, 0.4) is 0 Å². The van der Waals surface area contributed by atoms with Gasteiger partial charge in [0.2, 0.25) is 5.95 Å². The van der Waals surface area contributed by atoms with Gasteiger partial charge in [-0.05, 0) is 0 Å². The van der Waals surface area contributed by atoms with Gasteiger partial charge in [-0.25, -0.2) is 18.7 Å². The Balaban J connectivity index is 1.77. The lowest BCUT2D eigenvalue weighted by Gasteiger charge is -2.19. The molecule has 6 atom stereocenters. The van der Waals surface area contributed by atoms with Crippen molar-refractivity contribution < 1.29 is 62.7 Å². The number of nitrogens with two attached hydrogens (primary N) is 1. The Kier molecular flexibility index (Phi) is 6.38. The number of fused-ring (bicyclic) bond motifs is 1. The summed E-state index contributed by atoms with van der Waals surface area (Å²) in [7, 11) is -16.9. The first-order chi connectivity index (χ1) is 15.0. The molecule has 180 valence electrons. The zero-order chi connectivity index (χ0) is 24.9. The first-order valence-electron chi connectivity index (χ1n) is 8.54. The van der Waals surface area contributed by atoms with E-state index in [0.717, 1.165) is 4.57 Å². The fourth-order valence-electron chi connectivity index (χ4n) is 2.62. The van der Waals surface area contributed by atoms with E-state index in [2.05, 4.69) is 28.1 Å². The van der Waals surface area contributed by atoms with Gasteiger partial charge in [0.05, 0.1) is 12.9 Å². The van der Waals surface area contributed by atoms with Crippen LogP contribution in [-0.2, 0) is 31.6 Å². The minimum absolute atomic E-state index is 0.286. The number of hydrogen-bond donors (Lipinski definition) is 8. The Bertz CT molecular complexity index is 1260. The lowest BCUT2D eigenvalue weighted by Crippen LogP contribution is -2.33. The van der Waals surface area contributed by atoms with Crippen LogP contribution in [0.15, 0.2) is 11.1 Å². The number of anilines is 1. The largest absolute Gasteiger partial charge is 0.490 e. The highest BCUT2D eigenvalue weighted by Gasteiger charge is 2.47. The van der Waals surface area contributed by atoms with Gasteiger partial charge in [0.15, 0.2) is 17.4 Å². The molecule has 22 heteroatoms. The van der Waals surface area contributed by atoms with Crippen LogP contribution in [0, 0.1) is 0 Å². The molecule has 0 bridgehead atoms. The third kappa shape index (κ3) is 5.67. The number of phosphoric ester groups is 1. The van der Waals surface area contributed by atoms with Crippen molar-refractivity contribution in [3.8, 4) is 0 Å². The summed E-state index contributed by atoms with van der Waals surface area (Å²) in [5.74, 6) is -0.356. The number of imidazole rings is 1. The number of H-pyrrole nitrogens is 1. The summed E-state index contributed by atoms with van der Waals surface area (Å²) in [5.41, 5.74) is 4.03. The highest BCUT2D eigenvalue weighted by molar-refractivity contribution is 7.66. The van der Waals surface area contributed by atoms with Gasteiger partial charge in [-0.2, -0.15) is 13.6 Å². The average molecular weight is 525 g/mol. The summed E-state index contributed by atoms with van der Waals surface area (Å²) < 4.78 is 59.3. The van der Waals surface area contributed by atoms with Crippen molar-refractivity contribution in [1.82, 2.24) is 19.5 Å². The maximum absolute atomic E-state index is 11.9. The predicted molar refractivity (Wildman–Crippen MR) is 98.3 cm³/mol. The third-order valence-electron chi connectivity index (χ3n) is 3.80. The number of ether oxygens (including phenoxy) is 1. The second kappa shape index (κ2) is 8.66. The molecule has 2 aromatic heterocycles. The van der Waals surface area contributed by atoms with Crippen molar-refractivity contribution in [3.63, 3.8) is 0 Å². The summed E-state index contributed by atoms with van der Waals surface area (Å²) in [4.78, 5) is 57.1. The molecule has 1 saturated heterocycles. The molecule has 1 fully saturated rings. The quantitative estimate of drug-likeness (QED) is 0.167. The monoisotopic (exact) mass is 525 g/mol. The summed E-state index contributed by atoms with van der Waals surface area (Å²) in [5, 5.41) is 20.5. The number of phosphoric acid groups is 3. The van der Waals surface area contributed by atoms with E-state index in [1.807, 2.05) is 0 Å². The molecule has 32 heavy (non-hydrogen) atoms. The van der Waals surface area contributed by atoms with Crippen LogP contribution in [0.5, 0.6) is 0 Å². The Labute approximate surface area is 177 Å². The molecule has 1 aliphatic rings. The zero-order valence-corrected chi connectivity index (χ0v) is 17.9. The van der Waals surface area contributed by atoms with Crippen LogP contribution < -0.4 is 11.3 Å². The molecular formula is C10H16N5O14P3. The number of rotatable bonds is 8. The highest BCUT2D eigenvalue weighted by Crippen LogP contribution is 2.66. The molecule has 0 saturated carbocycles. The number of nitrogen functional groups attached to an aromatic ring is 1. The Morgan fingerprint density at radius 2 is 1.84 bits per heavy atom. The Morgan fingerprint density at radius 3 is 2.47 bits per heavy atom. The Hall–Kier alpha value is -1.56. The minimum Gasteiger partial charge on any atom is -0.387 e. The molecule has 3 heterocycles. The number of aliphatic hydroxyl groups excluding tert-OH is 2. The maximum atomic E-state index is 11.9. The fraction of sp³-hybridized carbons (Fsp3) is 0.500. The van der Waals surface area contributed by atoms with E-state index in [1.165, 1.54) is 0 Å². The average Bonchev–Trinajstić information content (AvgIpc) is 3.07. The van der Waals surface area contributed by atoms with E-state index in [9.17, 15) is 33.6 Å². The van der Waals surface area contributed by atoms with Crippen LogP contribution >= 0.6 is 23.5 Å². The second-order valence-corrected chi connectivity index (χ2v) is 10.6. The van der Waals surface area contributed by atoms with E-state index in [1.54, 1.807) is 0 Å². The van der Waals surface area contributed by atoms with Gasteiger partial charge in [-0.3, -0.25) is 18.9 Å². The van der Waals surface area contributed by atoms with E-state index in [-0.39, 0.29) is 17.1 Å². The van der Waals surface area contributed by atoms with E-state index >= 15 is 0 Å². The minimum atomic E-state index is -5.76. The number of aromatic amines is 1. The molecule has 0 radical (unpaired) electrons. The molecule has 2 aromatic rings. The van der Waals surface area contributed by atoms with Crippen molar-refractivity contribution in [2.24, 2.45) is 0 Å². The molecule has 0 aliphatic carbocycles. The third-order valence-corrected chi connectivity index (χ3v) is 7.60. The van der Waals surface area contributed by atoms with Crippen molar-refractivity contribution in [1.29, 1.82) is 0 Å². The van der Waals surface area contributed by atoms with Gasteiger partial charge >= 0.3 is 23.5 Å². The van der Waals surface area contributed by atoms with Gasteiger partial charge in [0.1, 0.15) is 19.7 Å². The van der Waals surface area contributed by atoms with Crippen molar-refractivity contribution >= 4 is 40.6 Å².